The van der Waals surface area contributed by atoms with E-state index in [1.807, 2.05) is 6.08 Å². The second kappa shape index (κ2) is 4.36. The molecule has 0 spiro atoms. The van der Waals surface area contributed by atoms with E-state index in [1.54, 1.807) is 12.5 Å². The minimum Gasteiger partial charge on any atom is -0.462 e. The minimum atomic E-state index is 0.565. The van der Waals surface area contributed by atoms with Gasteiger partial charge >= 0.3 is 0 Å². The van der Waals surface area contributed by atoms with Gasteiger partial charge in [-0.2, -0.15) is 0 Å². The fourth-order valence-corrected chi connectivity index (χ4v) is 2.13. The number of ether oxygens (including phenoxy) is 2. The van der Waals surface area contributed by atoms with Crippen molar-refractivity contribution in [2.75, 3.05) is 0 Å². The Labute approximate surface area is 84.9 Å². The van der Waals surface area contributed by atoms with Crippen LogP contribution in [0, 0.1) is 5.92 Å². The predicted octanol–water partition coefficient (Wildman–Crippen LogP) is 3.48. The number of rotatable bonds is 3. The van der Waals surface area contributed by atoms with E-state index in [0.29, 0.717) is 5.92 Å². The molecule has 0 bridgehead atoms. The number of hydrogen-bond acceptors (Lipinski definition) is 2. The Hall–Kier alpha value is -1.18. The summed E-state index contributed by atoms with van der Waals surface area (Å²) in [5.41, 5.74) is 0. The van der Waals surface area contributed by atoms with E-state index in [1.165, 1.54) is 25.7 Å². The van der Waals surface area contributed by atoms with Gasteiger partial charge in [0.25, 0.3) is 0 Å². The Morgan fingerprint density at radius 1 is 1.29 bits per heavy atom. The maximum atomic E-state index is 5.55. The van der Waals surface area contributed by atoms with Crippen LogP contribution in [0.2, 0.25) is 0 Å². The summed E-state index contributed by atoms with van der Waals surface area (Å²) in [4.78, 5) is 0. The maximum Gasteiger partial charge on any atom is 0.145 e. The lowest BCUT2D eigenvalue weighted by Gasteiger charge is -2.20. The topological polar surface area (TPSA) is 18.5 Å². The fourth-order valence-electron chi connectivity index (χ4n) is 2.13. The van der Waals surface area contributed by atoms with Crippen LogP contribution in [0.1, 0.15) is 32.1 Å². The van der Waals surface area contributed by atoms with Gasteiger partial charge in [0.15, 0.2) is 0 Å². The SMILES string of the molecule is C=CCC1=C(C2CCCC2)OC=CO1. The summed E-state index contributed by atoms with van der Waals surface area (Å²) in [7, 11) is 0. The van der Waals surface area contributed by atoms with Crippen LogP contribution < -0.4 is 0 Å². The molecule has 1 aliphatic heterocycles. The van der Waals surface area contributed by atoms with Crippen LogP contribution in [0.15, 0.2) is 36.7 Å². The van der Waals surface area contributed by atoms with E-state index in [2.05, 4.69) is 6.58 Å². The van der Waals surface area contributed by atoms with Gasteiger partial charge in [0.2, 0.25) is 0 Å². The van der Waals surface area contributed by atoms with Gasteiger partial charge in [-0.3, -0.25) is 0 Å². The number of allylic oxidation sites excluding steroid dienone is 2. The van der Waals surface area contributed by atoms with E-state index in [9.17, 15) is 0 Å². The third kappa shape index (κ3) is 1.84. The summed E-state index contributed by atoms with van der Waals surface area (Å²) in [5, 5.41) is 0. The summed E-state index contributed by atoms with van der Waals surface area (Å²) in [6, 6.07) is 0. The van der Waals surface area contributed by atoms with Crippen LogP contribution in [-0.2, 0) is 9.47 Å². The third-order valence-corrected chi connectivity index (χ3v) is 2.79. The first kappa shape index (κ1) is 9.38. The Morgan fingerprint density at radius 3 is 2.71 bits per heavy atom. The molecule has 0 atom stereocenters. The van der Waals surface area contributed by atoms with Gasteiger partial charge in [0, 0.05) is 12.3 Å². The Balaban J connectivity index is 2.13. The standard InChI is InChI=1S/C12H16O2/c1-2-5-11-12(14-9-8-13-11)10-6-3-4-7-10/h2,8-10H,1,3-7H2. The Bertz CT molecular complexity index is 266. The molecular weight excluding hydrogens is 176 g/mol. The first-order valence-electron chi connectivity index (χ1n) is 5.24. The lowest BCUT2D eigenvalue weighted by atomic mass is 10.0. The van der Waals surface area contributed by atoms with Crippen LogP contribution in [0.5, 0.6) is 0 Å². The highest BCUT2D eigenvalue weighted by atomic mass is 16.5. The molecule has 0 aromatic heterocycles. The highest BCUT2D eigenvalue weighted by Gasteiger charge is 2.25. The highest BCUT2D eigenvalue weighted by molar-refractivity contribution is 5.13. The summed E-state index contributed by atoms with van der Waals surface area (Å²) in [6.45, 7) is 3.72. The highest BCUT2D eigenvalue weighted by Crippen LogP contribution is 2.35. The van der Waals surface area contributed by atoms with Gasteiger partial charge in [-0.05, 0) is 12.8 Å². The normalized spacial score (nSPS) is 22.0. The minimum absolute atomic E-state index is 0.565. The molecule has 2 heteroatoms. The zero-order valence-electron chi connectivity index (χ0n) is 8.37. The zero-order valence-corrected chi connectivity index (χ0v) is 8.37. The van der Waals surface area contributed by atoms with Gasteiger partial charge < -0.3 is 9.47 Å². The second-order valence-electron chi connectivity index (χ2n) is 3.77. The summed E-state index contributed by atoms with van der Waals surface area (Å²) < 4.78 is 11.0. The molecule has 0 aromatic carbocycles. The van der Waals surface area contributed by atoms with E-state index in [-0.39, 0.29) is 0 Å². The quantitative estimate of drug-likeness (QED) is 0.637. The molecule has 1 heterocycles. The third-order valence-electron chi connectivity index (χ3n) is 2.79. The first-order valence-corrected chi connectivity index (χ1v) is 5.24. The molecule has 76 valence electrons. The van der Waals surface area contributed by atoms with Crippen LogP contribution in [0.25, 0.3) is 0 Å². The van der Waals surface area contributed by atoms with Crippen molar-refractivity contribution in [3.63, 3.8) is 0 Å². The van der Waals surface area contributed by atoms with E-state index < -0.39 is 0 Å². The van der Waals surface area contributed by atoms with Crippen molar-refractivity contribution in [3.8, 4) is 0 Å². The molecule has 2 aliphatic rings. The van der Waals surface area contributed by atoms with Crippen molar-refractivity contribution in [2.45, 2.75) is 32.1 Å². The molecule has 2 nitrogen and oxygen atoms in total. The average molecular weight is 192 g/mol. The molecule has 14 heavy (non-hydrogen) atoms. The van der Waals surface area contributed by atoms with Crippen molar-refractivity contribution in [2.24, 2.45) is 5.92 Å². The molecular formula is C12H16O2. The molecule has 1 fully saturated rings. The van der Waals surface area contributed by atoms with Crippen LogP contribution in [0.3, 0.4) is 0 Å². The van der Waals surface area contributed by atoms with Crippen LogP contribution in [-0.4, -0.2) is 0 Å². The van der Waals surface area contributed by atoms with Gasteiger partial charge in [-0.1, -0.05) is 18.9 Å². The Kier molecular flexibility index (Phi) is 2.92. The average Bonchev–Trinajstić information content (AvgIpc) is 2.72. The van der Waals surface area contributed by atoms with Crippen molar-refractivity contribution in [1.29, 1.82) is 0 Å². The van der Waals surface area contributed by atoms with Crippen LogP contribution in [0.4, 0.5) is 0 Å². The zero-order chi connectivity index (χ0) is 9.80. The van der Waals surface area contributed by atoms with Gasteiger partial charge in [0.1, 0.15) is 24.0 Å². The van der Waals surface area contributed by atoms with E-state index >= 15 is 0 Å². The van der Waals surface area contributed by atoms with Crippen molar-refractivity contribution < 1.29 is 9.47 Å². The second-order valence-corrected chi connectivity index (χ2v) is 3.77. The van der Waals surface area contributed by atoms with Gasteiger partial charge in [-0.25, -0.2) is 0 Å². The molecule has 0 N–H and O–H groups in total. The van der Waals surface area contributed by atoms with Gasteiger partial charge in [0.05, 0.1) is 0 Å². The molecule has 0 radical (unpaired) electrons. The maximum absolute atomic E-state index is 5.55. The molecule has 0 amide bonds. The van der Waals surface area contributed by atoms with Crippen molar-refractivity contribution >= 4 is 0 Å². The lowest BCUT2D eigenvalue weighted by Crippen LogP contribution is -2.08. The smallest absolute Gasteiger partial charge is 0.145 e. The molecule has 0 unspecified atom stereocenters. The Morgan fingerprint density at radius 2 is 2.00 bits per heavy atom. The summed E-state index contributed by atoms with van der Waals surface area (Å²) in [6.07, 6.45) is 10.9. The molecule has 1 aliphatic carbocycles. The molecule has 1 saturated carbocycles. The number of hydrogen-bond donors (Lipinski definition) is 0. The monoisotopic (exact) mass is 192 g/mol. The molecule has 0 aromatic rings. The molecule has 0 saturated heterocycles. The fraction of sp³-hybridized carbons (Fsp3) is 0.500. The van der Waals surface area contributed by atoms with Crippen molar-refractivity contribution in [1.82, 2.24) is 0 Å². The first-order chi connectivity index (χ1) is 6.92. The molecule has 2 rings (SSSR count). The van der Waals surface area contributed by atoms with Crippen LogP contribution >= 0.6 is 0 Å². The lowest BCUT2D eigenvalue weighted by molar-refractivity contribution is 0.191. The largest absolute Gasteiger partial charge is 0.462 e. The van der Waals surface area contributed by atoms with Crippen molar-refractivity contribution in [3.05, 3.63) is 36.7 Å². The summed E-state index contributed by atoms with van der Waals surface area (Å²) >= 11 is 0. The van der Waals surface area contributed by atoms with E-state index in [0.717, 1.165) is 17.9 Å². The summed E-state index contributed by atoms with van der Waals surface area (Å²) in [5.74, 6) is 2.54. The van der Waals surface area contributed by atoms with E-state index in [4.69, 9.17) is 9.47 Å². The van der Waals surface area contributed by atoms with Gasteiger partial charge in [-0.15, -0.1) is 6.58 Å². The predicted molar refractivity (Wildman–Crippen MR) is 55.1 cm³/mol.